The molecule has 118 valence electrons. The van der Waals surface area contributed by atoms with Crippen molar-refractivity contribution in [3.05, 3.63) is 23.8 Å². The summed E-state index contributed by atoms with van der Waals surface area (Å²) in [4.78, 5) is 13.6. The summed E-state index contributed by atoms with van der Waals surface area (Å²) in [6.07, 6.45) is 0. The fourth-order valence-corrected chi connectivity index (χ4v) is 2.12. The van der Waals surface area contributed by atoms with Crippen molar-refractivity contribution in [1.29, 1.82) is 0 Å². The SMILES string of the molecule is COc1cc(C(C)=O)ccc1OCCN1CCOCC1.Cl. The highest BCUT2D eigenvalue weighted by atomic mass is 35.5. The van der Waals surface area contributed by atoms with E-state index in [9.17, 15) is 4.79 Å². The second kappa shape index (κ2) is 8.87. The highest BCUT2D eigenvalue weighted by Crippen LogP contribution is 2.28. The maximum absolute atomic E-state index is 11.3. The summed E-state index contributed by atoms with van der Waals surface area (Å²) < 4.78 is 16.3. The van der Waals surface area contributed by atoms with Gasteiger partial charge in [-0.2, -0.15) is 0 Å². The lowest BCUT2D eigenvalue weighted by Gasteiger charge is -2.26. The van der Waals surface area contributed by atoms with Gasteiger partial charge in [0.2, 0.25) is 0 Å². The molecule has 1 aliphatic heterocycles. The van der Waals surface area contributed by atoms with Crippen LogP contribution in [0.2, 0.25) is 0 Å². The maximum Gasteiger partial charge on any atom is 0.161 e. The highest BCUT2D eigenvalue weighted by molar-refractivity contribution is 5.94. The first-order valence-electron chi connectivity index (χ1n) is 6.82. The number of ether oxygens (including phenoxy) is 3. The molecule has 1 aromatic rings. The topological polar surface area (TPSA) is 48.0 Å². The lowest BCUT2D eigenvalue weighted by molar-refractivity contribution is 0.0321. The number of carbonyl (C=O) groups is 1. The van der Waals surface area contributed by atoms with Crippen LogP contribution in [-0.4, -0.2) is 57.2 Å². The second-order valence-electron chi connectivity index (χ2n) is 4.72. The Morgan fingerprint density at radius 2 is 2.00 bits per heavy atom. The van der Waals surface area contributed by atoms with Crippen molar-refractivity contribution < 1.29 is 19.0 Å². The number of Topliss-reactive ketones (excluding diaryl/α,β-unsaturated/α-hetero) is 1. The van der Waals surface area contributed by atoms with E-state index in [1.807, 2.05) is 0 Å². The molecule has 1 heterocycles. The molecule has 0 N–H and O–H groups in total. The summed E-state index contributed by atoms with van der Waals surface area (Å²) in [5.41, 5.74) is 0.627. The highest BCUT2D eigenvalue weighted by Gasteiger charge is 2.11. The predicted molar refractivity (Wildman–Crippen MR) is 83.0 cm³/mol. The molecule has 1 fully saturated rings. The van der Waals surface area contributed by atoms with Crippen LogP contribution in [0.1, 0.15) is 17.3 Å². The van der Waals surface area contributed by atoms with E-state index >= 15 is 0 Å². The third kappa shape index (κ3) is 5.19. The molecule has 0 radical (unpaired) electrons. The molecule has 0 unspecified atom stereocenters. The number of hydrogen-bond acceptors (Lipinski definition) is 5. The minimum Gasteiger partial charge on any atom is -0.493 e. The van der Waals surface area contributed by atoms with Gasteiger partial charge < -0.3 is 14.2 Å². The van der Waals surface area contributed by atoms with Crippen LogP contribution in [0.3, 0.4) is 0 Å². The molecule has 0 aliphatic carbocycles. The van der Waals surface area contributed by atoms with Crippen molar-refractivity contribution >= 4 is 18.2 Å². The monoisotopic (exact) mass is 315 g/mol. The normalized spacial score (nSPS) is 15.1. The Labute approximate surface area is 131 Å². The zero-order valence-electron chi connectivity index (χ0n) is 12.5. The molecule has 0 atom stereocenters. The molecule has 0 aromatic heterocycles. The number of ketones is 1. The smallest absolute Gasteiger partial charge is 0.161 e. The van der Waals surface area contributed by atoms with Crippen LogP contribution in [0, 0.1) is 0 Å². The number of methoxy groups -OCH3 is 1. The van der Waals surface area contributed by atoms with Crippen LogP contribution < -0.4 is 9.47 Å². The van der Waals surface area contributed by atoms with Gasteiger partial charge in [-0.15, -0.1) is 12.4 Å². The van der Waals surface area contributed by atoms with Gasteiger partial charge in [-0.25, -0.2) is 0 Å². The van der Waals surface area contributed by atoms with Crippen molar-refractivity contribution in [3.63, 3.8) is 0 Å². The van der Waals surface area contributed by atoms with Crippen molar-refractivity contribution in [3.8, 4) is 11.5 Å². The van der Waals surface area contributed by atoms with Crippen LogP contribution in [-0.2, 0) is 4.74 Å². The molecule has 1 aromatic carbocycles. The Bertz CT molecular complexity index is 461. The van der Waals surface area contributed by atoms with Crippen molar-refractivity contribution in [2.24, 2.45) is 0 Å². The lowest BCUT2D eigenvalue weighted by atomic mass is 10.1. The van der Waals surface area contributed by atoms with Gasteiger partial charge >= 0.3 is 0 Å². The Morgan fingerprint density at radius 1 is 1.29 bits per heavy atom. The van der Waals surface area contributed by atoms with Crippen molar-refractivity contribution in [2.75, 3.05) is 46.6 Å². The van der Waals surface area contributed by atoms with Gasteiger partial charge in [-0.3, -0.25) is 9.69 Å². The van der Waals surface area contributed by atoms with E-state index in [0.717, 1.165) is 32.8 Å². The van der Waals surface area contributed by atoms with E-state index in [4.69, 9.17) is 14.2 Å². The van der Waals surface area contributed by atoms with Gasteiger partial charge in [0.25, 0.3) is 0 Å². The van der Waals surface area contributed by atoms with Gasteiger partial charge in [-0.05, 0) is 25.1 Å². The first kappa shape index (κ1) is 17.8. The van der Waals surface area contributed by atoms with Gasteiger partial charge in [0.15, 0.2) is 17.3 Å². The minimum atomic E-state index is 0. The standard InChI is InChI=1S/C15H21NO4.ClH/c1-12(17)13-3-4-14(15(11-13)18-2)20-10-7-16-5-8-19-9-6-16;/h3-4,11H,5-10H2,1-2H3;1H. The van der Waals surface area contributed by atoms with E-state index in [0.29, 0.717) is 23.7 Å². The molecule has 6 heteroatoms. The van der Waals surface area contributed by atoms with Crippen molar-refractivity contribution in [1.82, 2.24) is 4.90 Å². The number of rotatable bonds is 6. The fourth-order valence-electron chi connectivity index (χ4n) is 2.12. The molecule has 0 bridgehead atoms. The first-order valence-corrected chi connectivity index (χ1v) is 6.82. The fraction of sp³-hybridized carbons (Fsp3) is 0.533. The molecular formula is C15H22ClNO4. The average molecular weight is 316 g/mol. The van der Waals surface area contributed by atoms with Gasteiger partial charge in [0, 0.05) is 25.2 Å². The van der Waals surface area contributed by atoms with E-state index in [1.165, 1.54) is 6.92 Å². The van der Waals surface area contributed by atoms with E-state index in [-0.39, 0.29) is 18.2 Å². The van der Waals surface area contributed by atoms with Gasteiger partial charge in [-0.1, -0.05) is 0 Å². The number of halogens is 1. The van der Waals surface area contributed by atoms with E-state index in [1.54, 1.807) is 25.3 Å². The van der Waals surface area contributed by atoms with Gasteiger partial charge in [0.05, 0.1) is 20.3 Å². The summed E-state index contributed by atoms with van der Waals surface area (Å²) in [5.74, 6) is 1.29. The van der Waals surface area contributed by atoms with E-state index in [2.05, 4.69) is 4.90 Å². The Hall–Kier alpha value is -1.30. The largest absolute Gasteiger partial charge is 0.493 e. The first-order chi connectivity index (χ1) is 9.70. The number of hydrogen-bond donors (Lipinski definition) is 0. The average Bonchev–Trinajstić information content (AvgIpc) is 2.48. The summed E-state index contributed by atoms with van der Waals surface area (Å²) in [7, 11) is 1.58. The molecule has 2 rings (SSSR count). The molecule has 5 nitrogen and oxygen atoms in total. The predicted octanol–water partition coefficient (Wildman–Crippen LogP) is 2.03. The van der Waals surface area contributed by atoms with Crippen molar-refractivity contribution in [2.45, 2.75) is 6.92 Å². The molecule has 21 heavy (non-hydrogen) atoms. The van der Waals surface area contributed by atoms with Crippen LogP contribution >= 0.6 is 12.4 Å². The van der Waals surface area contributed by atoms with Crippen LogP contribution in [0.25, 0.3) is 0 Å². The van der Waals surface area contributed by atoms with E-state index < -0.39 is 0 Å². The third-order valence-corrected chi connectivity index (χ3v) is 3.34. The summed E-state index contributed by atoms with van der Waals surface area (Å²) in [6, 6.07) is 5.26. The summed E-state index contributed by atoms with van der Waals surface area (Å²) in [6.45, 7) is 6.46. The Morgan fingerprint density at radius 3 is 2.62 bits per heavy atom. The molecule has 1 aliphatic rings. The lowest BCUT2D eigenvalue weighted by Crippen LogP contribution is -2.38. The minimum absolute atomic E-state index is 0. The number of benzene rings is 1. The molecule has 0 spiro atoms. The zero-order valence-corrected chi connectivity index (χ0v) is 13.3. The molecular weight excluding hydrogens is 294 g/mol. The molecule has 1 saturated heterocycles. The van der Waals surface area contributed by atoms with Gasteiger partial charge in [0.1, 0.15) is 6.61 Å². The zero-order chi connectivity index (χ0) is 14.4. The quantitative estimate of drug-likeness (QED) is 0.752. The number of morpholine rings is 1. The molecule has 0 amide bonds. The summed E-state index contributed by atoms with van der Waals surface area (Å²) in [5, 5.41) is 0. The van der Waals surface area contributed by atoms with Crippen LogP contribution in [0.15, 0.2) is 18.2 Å². The Kier molecular flexibility index (Phi) is 7.50. The van der Waals surface area contributed by atoms with Crippen LogP contribution in [0.5, 0.6) is 11.5 Å². The summed E-state index contributed by atoms with van der Waals surface area (Å²) >= 11 is 0. The second-order valence-corrected chi connectivity index (χ2v) is 4.72. The number of nitrogens with zero attached hydrogens (tertiary/aromatic N) is 1. The van der Waals surface area contributed by atoms with Crippen LogP contribution in [0.4, 0.5) is 0 Å². The number of carbonyl (C=O) groups excluding carboxylic acids is 1. The maximum atomic E-state index is 11.3. The molecule has 0 saturated carbocycles. The Balaban J connectivity index is 0.00000220. The third-order valence-electron chi connectivity index (χ3n) is 3.34.